The van der Waals surface area contributed by atoms with Gasteiger partial charge < -0.3 is 5.32 Å². The number of nitrogens with one attached hydrogen (secondary N) is 3. The maximum atomic E-state index is 11.7. The van der Waals surface area contributed by atoms with Gasteiger partial charge >= 0.3 is 0 Å². The first-order valence-corrected chi connectivity index (χ1v) is 7.22. The summed E-state index contributed by atoms with van der Waals surface area (Å²) in [7, 11) is 0. The average Bonchev–Trinajstić information content (AvgIpc) is 2.97. The number of pyridine rings is 1. The lowest BCUT2D eigenvalue weighted by atomic mass is 10.3. The van der Waals surface area contributed by atoms with Crippen LogP contribution in [0.1, 0.15) is 24.9 Å². The summed E-state index contributed by atoms with van der Waals surface area (Å²) in [6.45, 7) is 1.66. The van der Waals surface area contributed by atoms with Gasteiger partial charge in [-0.1, -0.05) is 0 Å². The van der Waals surface area contributed by atoms with E-state index in [1.54, 1.807) is 18.2 Å². The Morgan fingerprint density at radius 2 is 1.95 bits per heavy atom. The van der Waals surface area contributed by atoms with Crippen molar-refractivity contribution in [1.82, 2.24) is 21.2 Å². The summed E-state index contributed by atoms with van der Waals surface area (Å²) in [5, 5.41) is 2.47. The van der Waals surface area contributed by atoms with Crippen LogP contribution in [0, 0.1) is 6.92 Å². The Kier molecular flexibility index (Phi) is 5.21. The summed E-state index contributed by atoms with van der Waals surface area (Å²) < 4.78 is 0. The predicted octanol–water partition coefficient (Wildman–Crippen LogP) is 0.643. The largest absolute Gasteiger partial charge is 0.342 e. The molecule has 0 fully saturated rings. The maximum Gasteiger partial charge on any atom is 0.271 e. The third kappa shape index (κ3) is 4.38. The van der Waals surface area contributed by atoms with Gasteiger partial charge in [-0.25, -0.2) is 0 Å². The Morgan fingerprint density at radius 3 is 2.59 bits per heavy atom. The van der Waals surface area contributed by atoms with Crippen LogP contribution in [0.25, 0.3) is 0 Å². The first-order valence-electron chi connectivity index (χ1n) is 6.40. The zero-order valence-electron chi connectivity index (χ0n) is 11.8. The van der Waals surface area contributed by atoms with Gasteiger partial charge in [-0.15, -0.1) is 11.3 Å². The number of rotatable bonds is 4. The minimum Gasteiger partial charge on any atom is -0.342 e. The van der Waals surface area contributed by atoms with E-state index in [0.717, 1.165) is 4.88 Å². The quantitative estimate of drug-likeness (QED) is 0.720. The molecule has 0 radical (unpaired) electrons. The van der Waals surface area contributed by atoms with Crippen molar-refractivity contribution in [2.75, 3.05) is 6.54 Å². The molecule has 0 aliphatic heterocycles. The molecule has 22 heavy (non-hydrogen) atoms. The molecule has 0 saturated heterocycles. The summed E-state index contributed by atoms with van der Waals surface area (Å²) in [5.74, 6) is -1.34. The van der Waals surface area contributed by atoms with E-state index in [0.29, 0.717) is 10.4 Å². The Labute approximate surface area is 130 Å². The lowest BCUT2D eigenvalue weighted by molar-refractivity contribution is -0.120. The van der Waals surface area contributed by atoms with Gasteiger partial charge in [0.15, 0.2) is 0 Å². The fraction of sp³-hybridized carbons (Fsp3) is 0.143. The topological polar surface area (TPSA) is 100 Å². The number of hydrogen-bond acceptors (Lipinski definition) is 5. The Bertz CT molecular complexity index is 684. The van der Waals surface area contributed by atoms with Crippen molar-refractivity contribution in [1.29, 1.82) is 0 Å². The summed E-state index contributed by atoms with van der Waals surface area (Å²) in [6, 6.07) is 6.69. The van der Waals surface area contributed by atoms with Gasteiger partial charge in [0.1, 0.15) is 0 Å². The van der Waals surface area contributed by atoms with Crippen LogP contribution in [-0.4, -0.2) is 29.3 Å². The molecule has 114 valence electrons. The number of nitrogens with zero attached hydrogens (tertiary/aromatic N) is 1. The van der Waals surface area contributed by atoms with Crippen molar-refractivity contribution < 1.29 is 14.4 Å². The van der Waals surface area contributed by atoms with Crippen LogP contribution < -0.4 is 16.2 Å². The zero-order chi connectivity index (χ0) is 15.9. The van der Waals surface area contributed by atoms with Gasteiger partial charge in [0.25, 0.3) is 17.7 Å². The van der Waals surface area contributed by atoms with Crippen molar-refractivity contribution in [3.8, 4) is 0 Å². The lowest BCUT2D eigenvalue weighted by Gasteiger charge is -2.07. The molecule has 2 rings (SSSR count). The highest BCUT2D eigenvalue weighted by Crippen LogP contribution is 2.14. The van der Waals surface area contributed by atoms with Gasteiger partial charge in [0, 0.05) is 17.3 Å². The molecule has 0 aliphatic rings. The van der Waals surface area contributed by atoms with Crippen molar-refractivity contribution >= 4 is 29.1 Å². The molecule has 3 N–H and O–H groups in total. The number of thiophene rings is 1. The molecule has 2 aromatic rings. The number of amides is 3. The van der Waals surface area contributed by atoms with Crippen LogP contribution in [0.15, 0.2) is 36.7 Å². The molecule has 0 unspecified atom stereocenters. The molecular formula is C14H14N4O3S. The molecule has 0 atom stereocenters. The lowest BCUT2D eigenvalue weighted by Crippen LogP contribution is -2.46. The minimum atomic E-state index is -0.529. The van der Waals surface area contributed by atoms with E-state index in [-0.39, 0.29) is 12.5 Å². The van der Waals surface area contributed by atoms with E-state index < -0.39 is 11.8 Å². The molecular weight excluding hydrogens is 304 g/mol. The summed E-state index contributed by atoms with van der Waals surface area (Å²) in [5.41, 5.74) is 4.77. The van der Waals surface area contributed by atoms with Crippen molar-refractivity contribution in [2.24, 2.45) is 0 Å². The van der Waals surface area contributed by atoms with Gasteiger partial charge in [0.05, 0.1) is 17.0 Å². The Morgan fingerprint density at radius 1 is 1.14 bits per heavy atom. The van der Waals surface area contributed by atoms with E-state index in [1.807, 2.05) is 13.0 Å². The Balaban J connectivity index is 1.74. The van der Waals surface area contributed by atoms with E-state index in [9.17, 15) is 14.4 Å². The van der Waals surface area contributed by atoms with Crippen LogP contribution >= 0.6 is 11.3 Å². The van der Waals surface area contributed by atoms with E-state index in [2.05, 4.69) is 21.2 Å². The van der Waals surface area contributed by atoms with Gasteiger partial charge in [-0.3, -0.25) is 30.2 Å². The number of hydrazine groups is 1. The number of carbonyl (C=O) groups is 3. The summed E-state index contributed by atoms with van der Waals surface area (Å²) in [6.07, 6.45) is 2.92. The van der Waals surface area contributed by atoms with Crippen molar-refractivity contribution in [2.45, 2.75) is 6.92 Å². The van der Waals surface area contributed by atoms with Crippen molar-refractivity contribution in [3.63, 3.8) is 0 Å². The fourth-order valence-electron chi connectivity index (χ4n) is 1.54. The van der Waals surface area contributed by atoms with E-state index >= 15 is 0 Å². The first kappa shape index (κ1) is 15.6. The second-order valence-electron chi connectivity index (χ2n) is 4.34. The molecule has 0 saturated carbocycles. The summed E-state index contributed by atoms with van der Waals surface area (Å²) >= 11 is 1.34. The average molecular weight is 318 g/mol. The molecule has 2 heterocycles. The second-order valence-corrected chi connectivity index (χ2v) is 5.62. The number of aryl methyl sites for hydroxylation is 1. The third-order valence-electron chi connectivity index (χ3n) is 2.61. The Hall–Kier alpha value is -2.74. The molecule has 7 nitrogen and oxygen atoms in total. The molecule has 0 aliphatic carbocycles. The second kappa shape index (κ2) is 7.32. The fourth-order valence-corrected chi connectivity index (χ4v) is 2.33. The van der Waals surface area contributed by atoms with Crippen LogP contribution in [0.4, 0.5) is 0 Å². The predicted molar refractivity (Wildman–Crippen MR) is 81.2 cm³/mol. The molecule has 3 amide bonds. The van der Waals surface area contributed by atoms with Crippen molar-refractivity contribution in [3.05, 3.63) is 52.0 Å². The van der Waals surface area contributed by atoms with Crippen LogP contribution in [-0.2, 0) is 4.79 Å². The SMILES string of the molecule is Cc1ccc(C(=O)NCC(=O)NNC(=O)c2cccnc2)s1. The number of hydrogen-bond donors (Lipinski definition) is 3. The molecule has 0 bridgehead atoms. The zero-order valence-corrected chi connectivity index (χ0v) is 12.6. The monoisotopic (exact) mass is 318 g/mol. The summed E-state index contributed by atoms with van der Waals surface area (Å²) in [4.78, 5) is 40.3. The van der Waals surface area contributed by atoms with Crippen LogP contribution in [0.5, 0.6) is 0 Å². The maximum absolute atomic E-state index is 11.7. The number of carbonyl (C=O) groups excluding carboxylic acids is 3. The molecule has 0 spiro atoms. The molecule has 2 aromatic heterocycles. The first-order chi connectivity index (χ1) is 10.6. The minimum absolute atomic E-state index is 0.233. The normalized spacial score (nSPS) is 9.86. The smallest absolute Gasteiger partial charge is 0.271 e. The van der Waals surface area contributed by atoms with E-state index in [4.69, 9.17) is 0 Å². The highest BCUT2D eigenvalue weighted by molar-refractivity contribution is 7.13. The number of aromatic nitrogens is 1. The highest BCUT2D eigenvalue weighted by atomic mass is 32.1. The van der Waals surface area contributed by atoms with Gasteiger partial charge in [0.2, 0.25) is 0 Å². The molecule has 0 aromatic carbocycles. The highest BCUT2D eigenvalue weighted by Gasteiger charge is 2.11. The third-order valence-corrected chi connectivity index (χ3v) is 3.61. The van der Waals surface area contributed by atoms with Gasteiger partial charge in [-0.2, -0.15) is 0 Å². The van der Waals surface area contributed by atoms with Crippen LogP contribution in [0.3, 0.4) is 0 Å². The van der Waals surface area contributed by atoms with E-state index in [1.165, 1.54) is 23.7 Å². The molecule has 8 heteroatoms. The standard InChI is InChI=1S/C14H14N4O3S/c1-9-4-5-11(22-9)14(21)16-8-12(19)17-18-13(20)10-3-2-6-15-7-10/h2-7H,8H2,1H3,(H,16,21)(H,17,19)(H,18,20). The van der Waals surface area contributed by atoms with Gasteiger partial charge in [-0.05, 0) is 31.2 Å². The van der Waals surface area contributed by atoms with Crippen LogP contribution in [0.2, 0.25) is 0 Å².